The van der Waals surface area contributed by atoms with Gasteiger partial charge in [-0.3, -0.25) is 0 Å². The third-order valence-electron chi connectivity index (χ3n) is 4.05. The van der Waals surface area contributed by atoms with Gasteiger partial charge in [0.25, 0.3) is 0 Å². The van der Waals surface area contributed by atoms with Crippen molar-refractivity contribution in [2.75, 3.05) is 0 Å². The zero-order valence-corrected chi connectivity index (χ0v) is 14.0. The average molecular weight is 357 g/mol. The molecule has 0 radical (unpaired) electrons. The van der Waals surface area contributed by atoms with Gasteiger partial charge in [0.2, 0.25) is 0 Å². The van der Waals surface area contributed by atoms with Crippen LogP contribution in [-0.2, 0) is 19.3 Å². The lowest BCUT2D eigenvalue weighted by Gasteiger charge is -2.14. The summed E-state index contributed by atoms with van der Waals surface area (Å²) in [5, 5.41) is 0. The molecule has 0 heterocycles. The quantitative estimate of drug-likeness (QED) is 0.663. The lowest BCUT2D eigenvalue weighted by atomic mass is 9.98. The summed E-state index contributed by atoms with van der Waals surface area (Å²) in [5.41, 5.74) is 6.96. The van der Waals surface area contributed by atoms with Crippen LogP contribution in [0.2, 0.25) is 0 Å². The lowest BCUT2D eigenvalue weighted by Crippen LogP contribution is -2.12. The molecule has 134 valence electrons. The minimum atomic E-state index is -4.44. The van der Waals surface area contributed by atoms with Gasteiger partial charge in [-0.05, 0) is 40.5 Å². The van der Waals surface area contributed by atoms with Gasteiger partial charge in [0.1, 0.15) is 12.4 Å². The molecule has 3 rings (SSSR count). The number of rotatable bonds is 5. The molecule has 3 aromatic carbocycles. The minimum Gasteiger partial charge on any atom is -0.489 e. The fourth-order valence-electron chi connectivity index (χ4n) is 2.70. The molecule has 2 nitrogen and oxygen atoms in total. The predicted octanol–water partition coefficient (Wildman–Crippen LogP) is 5.41. The van der Waals surface area contributed by atoms with Gasteiger partial charge in [-0.25, -0.2) is 0 Å². The first-order chi connectivity index (χ1) is 12.5. The molecule has 2 N–H and O–H groups in total. The number of hydrogen-bond donors (Lipinski definition) is 1. The van der Waals surface area contributed by atoms with Crippen molar-refractivity contribution in [2.24, 2.45) is 5.73 Å². The van der Waals surface area contributed by atoms with Crippen molar-refractivity contribution in [1.82, 2.24) is 0 Å². The van der Waals surface area contributed by atoms with Crippen molar-refractivity contribution in [3.63, 3.8) is 0 Å². The maximum absolute atomic E-state index is 13.2. The van der Waals surface area contributed by atoms with Crippen LogP contribution in [0.15, 0.2) is 72.8 Å². The second kappa shape index (κ2) is 7.62. The third-order valence-corrected chi connectivity index (χ3v) is 4.05. The number of ether oxygens (including phenoxy) is 1. The summed E-state index contributed by atoms with van der Waals surface area (Å²) in [6, 6.07) is 20.9. The van der Waals surface area contributed by atoms with Crippen LogP contribution in [0, 0.1) is 0 Å². The Bertz CT molecular complexity index is 876. The summed E-state index contributed by atoms with van der Waals surface area (Å²) >= 11 is 0. The van der Waals surface area contributed by atoms with Crippen molar-refractivity contribution in [2.45, 2.75) is 19.3 Å². The molecule has 0 saturated heterocycles. The van der Waals surface area contributed by atoms with Crippen LogP contribution in [0.25, 0.3) is 11.1 Å². The molecule has 0 saturated carbocycles. The van der Waals surface area contributed by atoms with Crippen LogP contribution in [0.5, 0.6) is 5.75 Å². The van der Waals surface area contributed by atoms with E-state index >= 15 is 0 Å². The SMILES string of the molecule is NCc1ccc(-c2cccc(OCc3ccccc3)c2)cc1C(F)(F)F. The molecule has 5 heteroatoms. The molecule has 0 unspecified atom stereocenters. The highest BCUT2D eigenvalue weighted by Crippen LogP contribution is 2.35. The summed E-state index contributed by atoms with van der Waals surface area (Å²) in [6.45, 7) is 0.236. The second-order valence-corrected chi connectivity index (χ2v) is 5.88. The Kier molecular flexibility index (Phi) is 5.28. The third kappa shape index (κ3) is 4.24. The van der Waals surface area contributed by atoms with E-state index in [0.717, 1.165) is 11.6 Å². The summed E-state index contributed by atoms with van der Waals surface area (Å²) in [5.74, 6) is 0.600. The Morgan fingerprint density at radius 1 is 0.808 bits per heavy atom. The van der Waals surface area contributed by atoms with Gasteiger partial charge < -0.3 is 10.5 Å². The van der Waals surface area contributed by atoms with Crippen LogP contribution in [0.3, 0.4) is 0 Å². The maximum Gasteiger partial charge on any atom is 0.416 e. The standard InChI is InChI=1S/C21H18F3NO/c22-21(23,24)20-12-17(9-10-18(20)13-25)16-7-4-8-19(11-16)26-14-15-5-2-1-3-6-15/h1-12H,13-14,25H2. The molecule has 0 aliphatic rings. The molecule has 26 heavy (non-hydrogen) atoms. The van der Waals surface area contributed by atoms with Crippen LogP contribution < -0.4 is 10.5 Å². The van der Waals surface area contributed by atoms with Crippen LogP contribution in [0.4, 0.5) is 13.2 Å². The fraction of sp³-hybridized carbons (Fsp3) is 0.143. The summed E-state index contributed by atoms with van der Waals surface area (Å²) in [4.78, 5) is 0. The van der Waals surface area contributed by atoms with Crippen molar-refractivity contribution in [3.8, 4) is 16.9 Å². The molecule has 0 spiro atoms. The monoisotopic (exact) mass is 357 g/mol. The van der Waals surface area contributed by atoms with E-state index in [1.165, 1.54) is 6.07 Å². The topological polar surface area (TPSA) is 35.2 Å². The van der Waals surface area contributed by atoms with Gasteiger partial charge in [0.15, 0.2) is 0 Å². The number of halogens is 3. The molecule has 0 aromatic heterocycles. The van der Waals surface area contributed by atoms with E-state index in [4.69, 9.17) is 10.5 Å². The molecule has 0 amide bonds. The largest absolute Gasteiger partial charge is 0.489 e. The average Bonchev–Trinajstić information content (AvgIpc) is 2.66. The first-order valence-corrected chi connectivity index (χ1v) is 8.15. The highest BCUT2D eigenvalue weighted by Gasteiger charge is 2.33. The summed E-state index contributed by atoms with van der Waals surface area (Å²) in [7, 11) is 0. The Morgan fingerprint density at radius 2 is 1.54 bits per heavy atom. The highest BCUT2D eigenvalue weighted by atomic mass is 19.4. The number of alkyl halides is 3. The van der Waals surface area contributed by atoms with Gasteiger partial charge in [0, 0.05) is 6.54 Å². The van der Waals surface area contributed by atoms with Crippen LogP contribution in [0.1, 0.15) is 16.7 Å². The number of nitrogens with two attached hydrogens (primary N) is 1. The fourth-order valence-corrected chi connectivity index (χ4v) is 2.70. The van der Waals surface area contributed by atoms with Gasteiger partial charge in [-0.15, -0.1) is 0 Å². The molecular weight excluding hydrogens is 339 g/mol. The van der Waals surface area contributed by atoms with E-state index in [-0.39, 0.29) is 12.1 Å². The maximum atomic E-state index is 13.2. The van der Waals surface area contributed by atoms with Gasteiger partial charge in [0.05, 0.1) is 5.56 Å². The van der Waals surface area contributed by atoms with E-state index in [9.17, 15) is 13.2 Å². The van der Waals surface area contributed by atoms with E-state index in [1.54, 1.807) is 30.3 Å². The Morgan fingerprint density at radius 3 is 2.23 bits per heavy atom. The van der Waals surface area contributed by atoms with Crippen molar-refractivity contribution >= 4 is 0 Å². The van der Waals surface area contributed by atoms with Crippen LogP contribution in [-0.4, -0.2) is 0 Å². The van der Waals surface area contributed by atoms with Gasteiger partial charge in [-0.2, -0.15) is 13.2 Å². The molecule has 0 aliphatic heterocycles. The van der Waals surface area contributed by atoms with E-state index in [2.05, 4.69) is 0 Å². The van der Waals surface area contributed by atoms with Gasteiger partial charge in [-0.1, -0.05) is 54.6 Å². The smallest absolute Gasteiger partial charge is 0.416 e. The Hall–Kier alpha value is -2.79. The van der Waals surface area contributed by atoms with Crippen molar-refractivity contribution in [3.05, 3.63) is 89.5 Å². The second-order valence-electron chi connectivity index (χ2n) is 5.88. The highest BCUT2D eigenvalue weighted by molar-refractivity contribution is 5.66. The Labute approximate surface area is 150 Å². The number of benzene rings is 3. The predicted molar refractivity (Wildman–Crippen MR) is 95.5 cm³/mol. The number of hydrogen-bond acceptors (Lipinski definition) is 2. The molecule has 3 aromatic rings. The van der Waals surface area contributed by atoms with Crippen molar-refractivity contribution < 1.29 is 17.9 Å². The lowest BCUT2D eigenvalue weighted by molar-refractivity contribution is -0.138. The molecular formula is C21H18F3NO. The first kappa shape index (κ1) is 18.0. The zero-order chi connectivity index (χ0) is 18.6. The van der Waals surface area contributed by atoms with Crippen molar-refractivity contribution in [1.29, 1.82) is 0 Å². The Balaban J connectivity index is 1.86. The van der Waals surface area contributed by atoms with Crippen LogP contribution >= 0.6 is 0 Å². The normalized spacial score (nSPS) is 11.4. The molecule has 0 bridgehead atoms. The summed E-state index contributed by atoms with van der Waals surface area (Å²) < 4.78 is 45.5. The summed E-state index contributed by atoms with van der Waals surface area (Å²) in [6.07, 6.45) is -4.44. The first-order valence-electron chi connectivity index (χ1n) is 8.15. The van der Waals surface area contributed by atoms with E-state index < -0.39 is 11.7 Å². The van der Waals surface area contributed by atoms with E-state index in [0.29, 0.717) is 23.5 Å². The van der Waals surface area contributed by atoms with E-state index in [1.807, 2.05) is 30.3 Å². The molecule has 0 fully saturated rings. The molecule has 0 atom stereocenters. The minimum absolute atomic E-state index is 0.0812. The molecule has 0 aliphatic carbocycles. The van der Waals surface area contributed by atoms with Gasteiger partial charge >= 0.3 is 6.18 Å². The zero-order valence-electron chi connectivity index (χ0n) is 14.0.